The van der Waals surface area contributed by atoms with Gasteiger partial charge in [-0.1, -0.05) is 0 Å². The van der Waals surface area contributed by atoms with Crippen LogP contribution in [0.1, 0.15) is 0 Å². The van der Waals surface area contributed by atoms with E-state index in [2.05, 4.69) is 0 Å². The lowest BCUT2D eigenvalue weighted by atomic mass is 9.65. The Labute approximate surface area is 91.3 Å². The Morgan fingerprint density at radius 3 is 2.38 bits per heavy atom. The molecule has 7 heteroatoms. The molecule has 0 aliphatic carbocycles. The minimum absolute atomic E-state index is 0.116. The number of rotatable bonds is 1. The van der Waals surface area contributed by atoms with Crippen molar-refractivity contribution in [2.45, 2.75) is 0 Å². The number of quaternary nitrogens is 1. The number of nitrogens with zero attached hydrogens (tertiary/aromatic N) is 1. The van der Waals surface area contributed by atoms with Crippen LogP contribution in [0.15, 0.2) is 22.8 Å². The Bertz CT molecular complexity index is 448. The molecule has 3 rings (SSSR count). The molecule has 0 bridgehead atoms. The maximum atomic E-state index is 11.4. The second-order valence-electron chi connectivity index (χ2n) is 4.46. The van der Waals surface area contributed by atoms with E-state index in [0.717, 1.165) is 0 Å². The average Bonchev–Trinajstić information content (AvgIpc) is 2.76. The molecule has 0 radical (unpaired) electrons. The van der Waals surface area contributed by atoms with Gasteiger partial charge >= 0.3 is 18.6 Å². The lowest BCUT2D eigenvalue weighted by Gasteiger charge is -2.38. The second kappa shape index (κ2) is 2.68. The molecule has 84 valence electrons. The summed E-state index contributed by atoms with van der Waals surface area (Å²) in [6, 6.07) is 3.34. The maximum Gasteiger partial charge on any atom is 0.648 e. The fourth-order valence-electron chi connectivity index (χ4n) is 2.52. The standard InChI is InChI=1S/C9H10BNO5/c1-11-5-8(12)15-10(11,16-9(13)6-11)7-3-2-4-14-7/h2-4H,5-6H2,1H3. The monoisotopic (exact) mass is 223 g/mol. The van der Waals surface area contributed by atoms with Crippen molar-refractivity contribution in [3.05, 3.63) is 18.4 Å². The summed E-state index contributed by atoms with van der Waals surface area (Å²) in [5, 5.41) is 0. The van der Waals surface area contributed by atoms with Crippen LogP contribution in [0.25, 0.3) is 0 Å². The summed E-state index contributed by atoms with van der Waals surface area (Å²) in [5.74, 6) is -0.738. The highest BCUT2D eigenvalue weighted by Gasteiger charge is 2.68. The third-order valence-corrected chi connectivity index (χ3v) is 3.29. The van der Waals surface area contributed by atoms with Gasteiger partial charge in [0.2, 0.25) is 0 Å². The molecule has 3 heterocycles. The quantitative estimate of drug-likeness (QED) is 0.570. The molecule has 0 atom stereocenters. The molecule has 2 aliphatic heterocycles. The van der Waals surface area contributed by atoms with E-state index in [1.54, 1.807) is 19.2 Å². The Kier molecular flexibility index (Phi) is 1.58. The molecule has 0 unspecified atom stereocenters. The lowest BCUT2D eigenvalue weighted by Crippen LogP contribution is -2.67. The third kappa shape index (κ3) is 0.956. The van der Waals surface area contributed by atoms with Crippen LogP contribution in [0, 0.1) is 0 Å². The Balaban J connectivity index is 2.16. The van der Waals surface area contributed by atoms with Crippen LogP contribution in [0.2, 0.25) is 0 Å². The predicted octanol–water partition coefficient (Wildman–Crippen LogP) is -1.01. The van der Waals surface area contributed by atoms with Gasteiger partial charge in [-0.3, -0.25) is 9.59 Å². The van der Waals surface area contributed by atoms with Crippen molar-refractivity contribution in [1.82, 2.24) is 0 Å². The summed E-state index contributed by atoms with van der Waals surface area (Å²) < 4.78 is 15.9. The third-order valence-electron chi connectivity index (χ3n) is 3.29. The molecule has 1 aromatic heterocycles. The van der Waals surface area contributed by atoms with E-state index in [1.807, 2.05) is 0 Å². The number of furan rings is 1. The normalized spacial score (nSPS) is 37.1. The van der Waals surface area contributed by atoms with Gasteiger partial charge in [-0.25, -0.2) is 0 Å². The highest BCUT2D eigenvalue weighted by atomic mass is 16.7. The first-order chi connectivity index (χ1) is 7.56. The zero-order valence-electron chi connectivity index (χ0n) is 8.71. The Morgan fingerprint density at radius 2 is 1.88 bits per heavy atom. The van der Waals surface area contributed by atoms with Crippen LogP contribution in [0.3, 0.4) is 0 Å². The fourth-order valence-corrected chi connectivity index (χ4v) is 2.52. The van der Waals surface area contributed by atoms with E-state index in [-0.39, 0.29) is 29.4 Å². The highest BCUT2D eigenvalue weighted by molar-refractivity contribution is 6.78. The number of carbonyl (C=O) groups is 2. The summed E-state index contributed by atoms with van der Waals surface area (Å²) in [6.07, 6.45) is 1.47. The van der Waals surface area contributed by atoms with Gasteiger partial charge in [-0.05, 0) is 12.1 Å². The van der Waals surface area contributed by atoms with Gasteiger partial charge in [0, 0.05) is 7.05 Å². The first-order valence-electron chi connectivity index (χ1n) is 5.02. The Hall–Kier alpha value is -1.76. The molecular formula is C9H10BNO5. The summed E-state index contributed by atoms with van der Waals surface area (Å²) >= 11 is 0. The zero-order valence-corrected chi connectivity index (χ0v) is 8.71. The molecular weight excluding hydrogens is 213 g/mol. The van der Waals surface area contributed by atoms with E-state index in [9.17, 15) is 9.59 Å². The second-order valence-corrected chi connectivity index (χ2v) is 4.46. The largest absolute Gasteiger partial charge is 0.648 e. The number of carbonyl (C=O) groups excluding carboxylic acids is 2. The summed E-state index contributed by atoms with van der Waals surface area (Å²) in [5.41, 5.74) is 0.402. The van der Waals surface area contributed by atoms with Crippen molar-refractivity contribution < 1.29 is 27.7 Å². The summed E-state index contributed by atoms with van der Waals surface area (Å²) in [6.45, 7) is -1.91. The van der Waals surface area contributed by atoms with Gasteiger partial charge in [0.1, 0.15) is 18.7 Å². The molecule has 2 aliphatic rings. The van der Waals surface area contributed by atoms with Gasteiger partial charge in [-0.15, -0.1) is 0 Å². The van der Waals surface area contributed by atoms with Crippen LogP contribution in [0.4, 0.5) is 0 Å². The smallest absolute Gasteiger partial charge is 0.594 e. The number of hydrogen-bond donors (Lipinski definition) is 0. The fraction of sp³-hybridized carbons (Fsp3) is 0.333. The Morgan fingerprint density at radius 1 is 1.25 bits per heavy atom. The van der Waals surface area contributed by atoms with Gasteiger partial charge in [-0.2, -0.15) is 0 Å². The molecule has 0 saturated carbocycles. The zero-order chi connectivity index (χ0) is 11.4. The lowest BCUT2D eigenvalue weighted by molar-refractivity contribution is -0.791. The first kappa shape index (κ1) is 9.47. The van der Waals surface area contributed by atoms with Crippen LogP contribution in [-0.4, -0.2) is 43.2 Å². The van der Waals surface area contributed by atoms with Crippen molar-refractivity contribution in [3.8, 4) is 0 Å². The summed E-state index contributed by atoms with van der Waals surface area (Å²) in [4.78, 5) is 22.8. The van der Waals surface area contributed by atoms with Gasteiger partial charge in [0.05, 0.1) is 6.26 Å². The van der Waals surface area contributed by atoms with E-state index in [0.29, 0.717) is 5.66 Å². The summed E-state index contributed by atoms with van der Waals surface area (Å²) in [7, 11) is 1.76. The van der Waals surface area contributed by atoms with Crippen LogP contribution in [0.5, 0.6) is 0 Å². The van der Waals surface area contributed by atoms with Crippen LogP contribution < -0.4 is 5.66 Å². The molecule has 0 N–H and O–H groups in total. The maximum absolute atomic E-state index is 11.4. The minimum atomic E-state index is -2.18. The number of hydrogen-bond acceptors (Lipinski definition) is 5. The highest BCUT2D eigenvalue weighted by Crippen LogP contribution is 2.33. The van der Waals surface area contributed by atoms with Gasteiger partial charge in [0.15, 0.2) is 0 Å². The molecule has 6 nitrogen and oxygen atoms in total. The molecule has 0 spiro atoms. The molecule has 0 aromatic carbocycles. The minimum Gasteiger partial charge on any atom is -0.594 e. The predicted molar refractivity (Wildman–Crippen MR) is 52.2 cm³/mol. The number of likely N-dealkylation sites (N-methyl/N-ethyl adjacent to an activating group) is 1. The van der Waals surface area contributed by atoms with Crippen molar-refractivity contribution in [3.63, 3.8) is 0 Å². The number of fused-ring (bicyclic) bond motifs is 1. The molecule has 16 heavy (non-hydrogen) atoms. The van der Waals surface area contributed by atoms with Crippen molar-refractivity contribution in [1.29, 1.82) is 0 Å². The van der Waals surface area contributed by atoms with E-state index in [4.69, 9.17) is 13.7 Å². The van der Waals surface area contributed by atoms with Crippen molar-refractivity contribution >= 4 is 24.3 Å². The molecule has 0 amide bonds. The van der Waals surface area contributed by atoms with E-state index in [1.165, 1.54) is 6.26 Å². The van der Waals surface area contributed by atoms with Crippen molar-refractivity contribution in [2.75, 3.05) is 20.1 Å². The van der Waals surface area contributed by atoms with E-state index >= 15 is 0 Å². The molecule has 2 saturated heterocycles. The molecule has 2 fully saturated rings. The van der Waals surface area contributed by atoms with E-state index < -0.39 is 6.69 Å². The topological polar surface area (TPSA) is 65.7 Å². The van der Waals surface area contributed by atoms with Gasteiger partial charge in [0.25, 0.3) is 0 Å². The van der Waals surface area contributed by atoms with Crippen LogP contribution >= 0.6 is 0 Å². The average molecular weight is 223 g/mol. The van der Waals surface area contributed by atoms with Crippen molar-refractivity contribution in [2.24, 2.45) is 0 Å². The molecule has 1 aromatic rings. The first-order valence-corrected chi connectivity index (χ1v) is 5.02. The van der Waals surface area contributed by atoms with Gasteiger partial charge < -0.3 is 18.1 Å². The van der Waals surface area contributed by atoms with Crippen LogP contribution in [-0.2, 0) is 18.9 Å². The SMILES string of the molecule is C[N+]12CC(=O)O[B-]1(c1ccco1)OC(=O)C2.